The Balaban J connectivity index is 1.77. The molecule has 0 amide bonds. The first-order chi connectivity index (χ1) is 18.1. The zero-order valence-electron chi connectivity index (χ0n) is 20.1. The van der Waals surface area contributed by atoms with E-state index < -0.39 is 94.4 Å². The maximum atomic E-state index is 12.6. The van der Waals surface area contributed by atoms with E-state index in [0.717, 1.165) is 16.8 Å². The molecule has 1 saturated heterocycles. The number of nitrogen functional groups attached to an aromatic ring is 1. The molecule has 2 aliphatic rings. The summed E-state index contributed by atoms with van der Waals surface area (Å²) in [5.41, 5.74) is 3.04. The predicted molar refractivity (Wildman–Crippen MR) is 127 cm³/mol. The number of aromatic nitrogens is 2. The molecule has 3 rings (SSSR count). The number of allylic oxidation sites excluding steroid dienone is 1. The van der Waals surface area contributed by atoms with Gasteiger partial charge in [-0.05, 0) is 12.1 Å². The third kappa shape index (κ3) is 7.32. The standard InChI is InChI=1S/C19H29N3O15P2/c1-8-2-3-10(35-16(8)13(25)9(24)6-23)18(38(29,30)31)37-39(32,33)34-7-11-14(26)15(27)17(36-11)22-5-4-12(20)21-19(22)28/h2-5,8-9,11,13-17,23-27H,6-7H2,1H3,(H,32,33)(H2,20,21,28)(H2,29,30,31)/b18-10-/t8-,9-,11-,13-,14+,15?,16?,17-/m1/s1. The summed E-state index contributed by atoms with van der Waals surface area (Å²) in [5.74, 6) is -1.52. The fraction of sp³-hybridized carbons (Fsp3) is 0.579. The van der Waals surface area contributed by atoms with Crippen molar-refractivity contribution in [2.24, 2.45) is 5.92 Å². The maximum Gasteiger partial charge on any atom is 0.527 e. The lowest BCUT2D eigenvalue weighted by Gasteiger charge is -2.33. The van der Waals surface area contributed by atoms with Gasteiger partial charge in [-0.1, -0.05) is 13.0 Å². The fourth-order valence-corrected chi connectivity index (χ4v) is 5.58. The Hall–Kier alpha value is -2.18. The highest BCUT2D eigenvalue weighted by molar-refractivity contribution is 7.57. The van der Waals surface area contributed by atoms with Crippen LogP contribution in [0.15, 0.2) is 40.5 Å². The molecule has 0 spiro atoms. The molecule has 39 heavy (non-hydrogen) atoms. The summed E-state index contributed by atoms with van der Waals surface area (Å²) in [7, 11) is -10.9. The smallest absolute Gasteiger partial charge is 0.483 e. The van der Waals surface area contributed by atoms with Crippen molar-refractivity contribution in [3.63, 3.8) is 0 Å². The van der Waals surface area contributed by atoms with Crippen LogP contribution in [0, 0.1) is 5.92 Å². The topological polar surface area (TPSA) is 294 Å². The molecule has 20 heteroatoms. The molecule has 9 atom stereocenters. The van der Waals surface area contributed by atoms with Crippen molar-refractivity contribution in [1.82, 2.24) is 9.55 Å². The van der Waals surface area contributed by atoms with Crippen LogP contribution in [0.1, 0.15) is 13.2 Å². The van der Waals surface area contributed by atoms with E-state index >= 15 is 0 Å². The molecule has 3 unspecified atom stereocenters. The third-order valence-electron chi connectivity index (χ3n) is 5.79. The molecule has 220 valence electrons. The average Bonchev–Trinajstić information content (AvgIpc) is 3.13. The minimum atomic E-state index is -5.48. The molecule has 10 N–H and O–H groups in total. The Morgan fingerprint density at radius 3 is 2.49 bits per heavy atom. The average molecular weight is 601 g/mol. The molecule has 1 aromatic heterocycles. The number of anilines is 1. The number of aliphatic hydroxyl groups is 5. The van der Waals surface area contributed by atoms with Gasteiger partial charge in [-0.25, -0.2) is 9.36 Å². The van der Waals surface area contributed by atoms with E-state index in [2.05, 4.69) is 9.51 Å². The lowest BCUT2D eigenvalue weighted by molar-refractivity contribution is -0.0985. The molecular weight excluding hydrogens is 572 g/mol. The number of nitrogens with zero attached hydrogens (tertiary/aromatic N) is 2. The van der Waals surface area contributed by atoms with Gasteiger partial charge in [0.15, 0.2) is 12.0 Å². The molecule has 3 heterocycles. The van der Waals surface area contributed by atoms with Crippen LogP contribution in [-0.2, 0) is 27.7 Å². The van der Waals surface area contributed by atoms with Crippen molar-refractivity contribution in [3.05, 3.63) is 46.2 Å². The monoisotopic (exact) mass is 601 g/mol. The Morgan fingerprint density at radius 1 is 1.23 bits per heavy atom. The van der Waals surface area contributed by atoms with Gasteiger partial charge in [0.25, 0.3) is 5.50 Å². The fourth-order valence-electron chi connectivity index (χ4n) is 3.73. The Morgan fingerprint density at radius 2 is 1.90 bits per heavy atom. The third-order valence-corrected chi connectivity index (χ3v) is 7.67. The molecule has 0 aromatic carbocycles. The second kappa shape index (κ2) is 12.1. The van der Waals surface area contributed by atoms with E-state index in [0.29, 0.717) is 0 Å². The number of hydrogen-bond acceptors (Lipinski definition) is 14. The highest BCUT2D eigenvalue weighted by atomic mass is 31.2. The minimum absolute atomic E-state index is 0.117. The summed E-state index contributed by atoms with van der Waals surface area (Å²) in [6.45, 7) is -0.292. The van der Waals surface area contributed by atoms with Gasteiger partial charge in [-0.2, -0.15) is 4.98 Å². The second-order valence-corrected chi connectivity index (χ2v) is 11.6. The number of phosphoric acid groups is 1. The zero-order chi connectivity index (χ0) is 29.3. The quantitative estimate of drug-likeness (QED) is 0.0968. The normalized spacial score (nSPS) is 31.7. The summed E-state index contributed by atoms with van der Waals surface area (Å²) < 4.78 is 45.5. The minimum Gasteiger partial charge on any atom is -0.483 e. The van der Waals surface area contributed by atoms with Crippen molar-refractivity contribution in [2.75, 3.05) is 18.9 Å². The van der Waals surface area contributed by atoms with E-state index in [1.54, 1.807) is 0 Å². The first-order valence-corrected chi connectivity index (χ1v) is 14.3. The molecule has 1 aromatic rings. The van der Waals surface area contributed by atoms with E-state index in [1.807, 2.05) is 0 Å². The van der Waals surface area contributed by atoms with Gasteiger partial charge in [0.05, 0.1) is 13.2 Å². The maximum absolute atomic E-state index is 12.6. The number of nitrogens with two attached hydrogens (primary N) is 1. The van der Waals surface area contributed by atoms with Gasteiger partial charge >= 0.3 is 21.1 Å². The van der Waals surface area contributed by atoms with Crippen LogP contribution in [0.4, 0.5) is 5.82 Å². The van der Waals surface area contributed by atoms with Crippen LogP contribution in [0.3, 0.4) is 0 Å². The highest BCUT2D eigenvalue weighted by Crippen LogP contribution is 2.58. The summed E-state index contributed by atoms with van der Waals surface area (Å²) >= 11 is 0. The van der Waals surface area contributed by atoms with Gasteiger partial charge < -0.3 is 55.1 Å². The van der Waals surface area contributed by atoms with Gasteiger partial charge in [0.2, 0.25) is 0 Å². The molecule has 1 fully saturated rings. The van der Waals surface area contributed by atoms with E-state index in [4.69, 9.17) is 24.8 Å². The Kier molecular flexibility index (Phi) is 9.76. The first kappa shape index (κ1) is 31.3. The molecule has 0 bridgehead atoms. The summed E-state index contributed by atoms with van der Waals surface area (Å²) in [5, 5.41) is 49.5. The van der Waals surface area contributed by atoms with E-state index in [9.17, 15) is 49.0 Å². The Bertz CT molecular complexity index is 1250. The number of hydrogen-bond donors (Lipinski definition) is 9. The lowest BCUT2D eigenvalue weighted by atomic mass is 9.94. The number of phosphoric ester groups is 1. The highest BCUT2D eigenvalue weighted by Gasteiger charge is 2.46. The van der Waals surface area contributed by atoms with Crippen molar-refractivity contribution in [3.8, 4) is 0 Å². The summed E-state index contributed by atoms with van der Waals surface area (Å²) in [6, 6.07) is 1.22. The van der Waals surface area contributed by atoms with Crippen LogP contribution in [0.2, 0.25) is 0 Å². The number of aliphatic hydroxyl groups excluding tert-OH is 5. The van der Waals surface area contributed by atoms with Gasteiger partial charge in [-0.15, -0.1) is 0 Å². The molecule has 0 saturated carbocycles. The molecule has 0 radical (unpaired) electrons. The lowest BCUT2D eigenvalue weighted by Crippen LogP contribution is -2.44. The van der Waals surface area contributed by atoms with Crippen LogP contribution < -0.4 is 11.4 Å². The largest absolute Gasteiger partial charge is 0.527 e. The van der Waals surface area contributed by atoms with Gasteiger partial charge in [-0.3, -0.25) is 18.5 Å². The van der Waals surface area contributed by atoms with Crippen LogP contribution in [0.5, 0.6) is 0 Å². The van der Waals surface area contributed by atoms with E-state index in [1.165, 1.54) is 19.1 Å². The zero-order valence-corrected chi connectivity index (χ0v) is 21.9. The van der Waals surface area contributed by atoms with Crippen LogP contribution in [0.25, 0.3) is 0 Å². The summed E-state index contributed by atoms with van der Waals surface area (Å²) in [4.78, 5) is 45.1. The second-order valence-electron chi connectivity index (χ2n) is 8.70. The van der Waals surface area contributed by atoms with Crippen LogP contribution in [-0.4, -0.2) is 99.6 Å². The summed E-state index contributed by atoms with van der Waals surface area (Å²) in [6.07, 6.45) is -7.76. The van der Waals surface area contributed by atoms with Crippen molar-refractivity contribution < 1.29 is 67.9 Å². The Labute approximate surface area is 219 Å². The van der Waals surface area contributed by atoms with Crippen molar-refractivity contribution >= 4 is 21.2 Å². The van der Waals surface area contributed by atoms with E-state index in [-0.39, 0.29) is 5.82 Å². The van der Waals surface area contributed by atoms with Gasteiger partial charge in [0, 0.05) is 12.1 Å². The number of ether oxygens (including phenoxy) is 2. The van der Waals surface area contributed by atoms with Crippen LogP contribution >= 0.6 is 15.4 Å². The molecular formula is C19H29N3O15P2. The van der Waals surface area contributed by atoms with Gasteiger partial charge in [0.1, 0.15) is 42.4 Å². The molecule has 2 aliphatic heterocycles. The van der Waals surface area contributed by atoms with Crippen molar-refractivity contribution in [2.45, 2.75) is 49.8 Å². The SMILES string of the molecule is C[C@@H]1C=C/C(=C(\OP(=O)(O)OC[C@H]2O[C@@H](n3ccc(N)nc3=O)C(O)[C@H]2O)P(=O)(O)O)OC1[C@H](O)[C@H](O)CO. The first-order valence-electron chi connectivity index (χ1n) is 11.2. The van der Waals surface area contributed by atoms with Crippen molar-refractivity contribution in [1.29, 1.82) is 0 Å². The predicted octanol–water partition coefficient (Wildman–Crippen LogP) is -2.77. The molecule has 0 aliphatic carbocycles. The molecule has 18 nitrogen and oxygen atoms in total. The number of rotatable bonds is 10.